The van der Waals surface area contributed by atoms with Crippen molar-refractivity contribution in [3.05, 3.63) is 24.0 Å². The van der Waals surface area contributed by atoms with E-state index in [1.54, 1.807) is 4.52 Å². The number of pyridine rings is 1. The molecule has 96 valence electrons. The Labute approximate surface area is 107 Å². The van der Waals surface area contributed by atoms with Gasteiger partial charge in [-0.1, -0.05) is 6.07 Å². The van der Waals surface area contributed by atoms with Gasteiger partial charge in [0, 0.05) is 13.0 Å². The quantitative estimate of drug-likeness (QED) is 0.863. The fourth-order valence-corrected chi connectivity index (χ4v) is 2.75. The number of nitrogen functional groups attached to an aromatic ring is 1. The van der Waals surface area contributed by atoms with E-state index in [4.69, 9.17) is 5.73 Å². The van der Waals surface area contributed by atoms with Crippen molar-refractivity contribution in [2.75, 3.05) is 25.9 Å². The summed E-state index contributed by atoms with van der Waals surface area (Å²) < 4.78 is 1.72. The van der Waals surface area contributed by atoms with Crippen LogP contribution in [0.5, 0.6) is 0 Å². The summed E-state index contributed by atoms with van der Waals surface area (Å²) in [5.74, 6) is 2.22. The first-order chi connectivity index (χ1) is 8.72. The van der Waals surface area contributed by atoms with Crippen LogP contribution in [0.1, 0.15) is 18.7 Å². The van der Waals surface area contributed by atoms with Crippen LogP contribution in [0.4, 0.5) is 5.82 Å². The summed E-state index contributed by atoms with van der Waals surface area (Å²) >= 11 is 0. The first-order valence-corrected chi connectivity index (χ1v) is 6.51. The Hall–Kier alpha value is -1.62. The maximum Gasteiger partial charge on any atom is 0.157 e. The van der Waals surface area contributed by atoms with Gasteiger partial charge in [0.25, 0.3) is 0 Å². The zero-order valence-electron chi connectivity index (χ0n) is 10.7. The summed E-state index contributed by atoms with van der Waals surface area (Å²) in [7, 11) is 2.18. The predicted molar refractivity (Wildman–Crippen MR) is 71.3 cm³/mol. The maximum atomic E-state index is 5.88. The standard InChI is InChI=1S/C13H19N5/c1-17-7-3-4-10(9-17)8-12-15-13-6-2-5-11(14)18(13)16-12/h2,5-6,10H,3-4,7-9,14H2,1H3. The van der Waals surface area contributed by atoms with Gasteiger partial charge in [0.05, 0.1) is 0 Å². The van der Waals surface area contributed by atoms with E-state index in [2.05, 4.69) is 22.0 Å². The molecule has 3 heterocycles. The minimum absolute atomic E-state index is 0.645. The summed E-state index contributed by atoms with van der Waals surface area (Å²) in [5.41, 5.74) is 6.72. The van der Waals surface area contributed by atoms with Gasteiger partial charge in [-0.3, -0.25) is 0 Å². The highest BCUT2D eigenvalue weighted by molar-refractivity contribution is 5.45. The summed E-state index contributed by atoms with van der Waals surface area (Å²) in [6.07, 6.45) is 3.50. The van der Waals surface area contributed by atoms with Crippen molar-refractivity contribution in [1.82, 2.24) is 19.5 Å². The number of fused-ring (bicyclic) bond motifs is 1. The van der Waals surface area contributed by atoms with Crippen LogP contribution in [0.2, 0.25) is 0 Å². The lowest BCUT2D eigenvalue weighted by molar-refractivity contribution is 0.207. The second kappa shape index (κ2) is 4.57. The SMILES string of the molecule is CN1CCCC(Cc2nc3cccc(N)n3n2)C1. The molecule has 0 aromatic carbocycles. The Bertz CT molecular complexity index is 547. The molecule has 1 saturated heterocycles. The van der Waals surface area contributed by atoms with Crippen molar-refractivity contribution >= 4 is 11.5 Å². The van der Waals surface area contributed by atoms with Crippen LogP contribution >= 0.6 is 0 Å². The lowest BCUT2D eigenvalue weighted by Gasteiger charge is -2.28. The number of rotatable bonds is 2. The number of nitrogens with two attached hydrogens (primary N) is 1. The normalized spacial score (nSPS) is 21.5. The van der Waals surface area contributed by atoms with E-state index in [0.29, 0.717) is 11.7 Å². The molecule has 1 aliphatic rings. The zero-order valence-corrected chi connectivity index (χ0v) is 10.7. The van der Waals surface area contributed by atoms with Crippen LogP contribution in [-0.2, 0) is 6.42 Å². The molecule has 0 spiro atoms. The monoisotopic (exact) mass is 245 g/mol. The van der Waals surface area contributed by atoms with Gasteiger partial charge in [-0.25, -0.2) is 4.98 Å². The van der Waals surface area contributed by atoms with Crippen molar-refractivity contribution < 1.29 is 0 Å². The second-order valence-electron chi connectivity index (χ2n) is 5.22. The molecule has 1 fully saturated rings. The van der Waals surface area contributed by atoms with E-state index < -0.39 is 0 Å². The molecule has 3 rings (SSSR count). The average molecular weight is 245 g/mol. The van der Waals surface area contributed by atoms with E-state index in [1.165, 1.54) is 19.4 Å². The predicted octanol–water partition coefficient (Wildman–Crippen LogP) is 1.20. The molecule has 0 saturated carbocycles. The zero-order chi connectivity index (χ0) is 12.5. The van der Waals surface area contributed by atoms with E-state index in [0.717, 1.165) is 24.4 Å². The van der Waals surface area contributed by atoms with Crippen molar-refractivity contribution in [2.24, 2.45) is 5.92 Å². The second-order valence-corrected chi connectivity index (χ2v) is 5.22. The van der Waals surface area contributed by atoms with Crippen molar-refractivity contribution in [3.8, 4) is 0 Å². The summed E-state index contributed by atoms with van der Waals surface area (Å²) in [5, 5.41) is 4.49. The number of aromatic nitrogens is 3. The summed E-state index contributed by atoms with van der Waals surface area (Å²) in [6, 6.07) is 5.71. The number of anilines is 1. The summed E-state index contributed by atoms with van der Waals surface area (Å²) in [4.78, 5) is 6.93. The molecule has 0 radical (unpaired) electrons. The Morgan fingerprint density at radius 1 is 1.44 bits per heavy atom. The van der Waals surface area contributed by atoms with Gasteiger partial charge in [0.15, 0.2) is 11.5 Å². The molecule has 0 amide bonds. The van der Waals surface area contributed by atoms with E-state index in [-0.39, 0.29) is 0 Å². The Morgan fingerprint density at radius 3 is 3.11 bits per heavy atom. The average Bonchev–Trinajstić information content (AvgIpc) is 2.73. The van der Waals surface area contributed by atoms with Crippen LogP contribution < -0.4 is 5.73 Å². The first-order valence-electron chi connectivity index (χ1n) is 6.51. The third-order valence-electron chi connectivity index (χ3n) is 3.63. The molecule has 1 unspecified atom stereocenters. The number of likely N-dealkylation sites (tertiary alicyclic amines) is 1. The molecule has 1 atom stereocenters. The minimum Gasteiger partial charge on any atom is -0.384 e. The van der Waals surface area contributed by atoms with Crippen LogP contribution in [0.3, 0.4) is 0 Å². The van der Waals surface area contributed by atoms with E-state index in [1.807, 2.05) is 18.2 Å². The molecule has 5 nitrogen and oxygen atoms in total. The van der Waals surface area contributed by atoms with E-state index in [9.17, 15) is 0 Å². The molecule has 2 aromatic rings. The molecular weight excluding hydrogens is 226 g/mol. The number of hydrogen-bond donors (Lipinski definition) is 1. The van der Waals surface area contributed by atoms with Gasteiger partial charge < -0.3 is 10.6 Å². The molecule has 18 heavy (non-hydrogen) atoms. The number of nitrogens with zero attached hydrogens (tertiary/aromatic N) is 4. The fraction of sp³-hybridized carbons (Fsp3) is 0.538. The van der Waals surface area contributed by atoms with Gasteiger partial charge in [-0.15, -0.1) is 5.10 Å². The Morgan fingerprint density at radius 2 is 2.33 bits per heavy atom. The van der Waals surface area contributed by atoms with Crippen LogP contribution in [0.25, 0.3) is 5.65 Å². The van der Waals surface area contributed by atoms with Gasteiger partial charge in [0.1, 0.15) is 5.82 Å². The van der Waals surface area contributed by atoms with Crippen LogP contribution in [0.15, 0.2) is 18.2 Å². The van der Waals surface area contributed by atoms with Gasteiger partial charge in [-0.05, 0) is 44.5 Å². The minimum atomic E-state index is 0.645. The van der Waals surface area contributed by atoms with Crippen molar-refractivity contribution in [1.29, 1.82) is 0 Å². The topological polar surface area (TPSA) is 59.5 Å². The highest BCUT2D eigenvalue weighted by Gasteiger charge is 2.19. The third-order valence-corrected chi connectivity index (χ3v) is 3.63. The van der Waals surface area contributed by atoms with Crippen LogP contribution in [0, 0.1) is 5.92 Å². The highest BCUT2D eigenvalue weighted by atomic mass is 15.3. The molecule has 2 aromatic heterocycles. The Balaban J connectivity index is 1.80. The lowest BCUT2D eigenvalue weighted by atomic mass is 9.95. The maximum absolute atomic E-state index is 5.88. The molecule has 1 aliphatic heterocycles. The summed E-state index contributed by atoms with van der Waals surface area (Å²) in [6.45, 7) is 2.35. The molecular formula is C13H19N5. The molecule has 0 bridgehead atoms. The molecule has 2 N–H and O–H groups in total. The Kier molecular flexibility index (Phi) is 2.91. The van der Waals surface area contributed by atoms with Gasteiger partial charge >= 0.3 is 0 Å². The number of hydrogen-bond acceptors (Lipinski definition) is 4. The first kappa shape index (κ1) is 11.5. The van der Waals surface area contributed by atoms with Gasteiger partial charge in [0.2, 0.25) is 0 Å². The number of piperidine rings is 1. The van der Waals surface area contributed by atoms with E-state index >= 15 is 0 Å². The lowest BCUT2D eigenvalue weighted by Crippen LogP contribution is -2.33. The largest absolute Gasteiger partial charge is 0.384 e. The van der Waals surface area contributed by atoms with Crippen LogP contribution in [-0.4, -0.2) is 39.6 Å². The molecule has 5 heteroatoms. The van der Waals surface area contributed by atoms with Crippen molar-refractivity contribution in [3.63, 3.8) is 0 Å². The highest BCUT2D eigenvalue weighted by Crippen LogP contribution is 2.19. The third kappa shape index (κ3) is 2.18. The van der Waals surface area contributed by atoms with Crippen molar-refractivity contribution in [2.45, 2.75) is 19.3 Å². The van der Waals surface area contributed by atoms with Gasteiger partial charge in [-0.2, -0.15) is 4.52 Å². The smallest absolute Gasteiger partial charge is 0.157 e. The molecule has 0 aliphatic carbocycles. The fourth-order valence-electron chi connectivity index (χ4n) is 2.75.